The molecule has 0 atom stereocenters. The molecule has 0 aliphatic carbocycles. The lowest BCUT2D eigenvalue weighted by molar-refractivity contribution is 0.414. The number of nitrogen functional groups attached to an aromatic ring is 1. The fourth-order valence-electron chi connectivity index (χ4n) is 1.74. The average molecular weight is 232 g/mol. The first kappa shape index (κ1) is 11.4. The van der Waals surface area contributed by atoms with Crippen molar-refractivity contribution in [2.24, 2.45) is 7.05 Å². The molecule has 0 fully saturated rings. The Morgan fingerprint density at radius 3 is 2.82 bits per heavy atom. The van der Waals surface area contributed by atoms with Gasteiger partial charge in [0.05, 0.1) is 7.11 Å². The maximum Gasteiger partial charge on any atom is 0.239 e. The maximum absolute atomic E-state index is 5.53. The van der Waals surface area contributed by atoms with E-state index in [-0.39, 0.29) is 0 Å². The molecule has 0 aliphatic heterocycles. The molecule has 2 rings (SSSR count). The number of nitrogens with zero attached hydrogens (tertiary/aromatic N) is 3. The van der Waals surface area contributed by atoms with E-state index in [1.807, 2.05) is 25.2 Å². The van der Waals surface area contributed by atoms with Gasteiger partial charge in [-0.3, -0.25) is 4.68 Å². The number of anilines is 1. The van der Waals surface area contributed by atoms with Gasteiger partial charge in [0.15, 0.2) is 0 Å². The molecule has 2 N–H and O–H groups in total. The lowest BCUT2D eigenvalue weighted by atomic mass is 10.1. The molecule has 0 amide bonds. The summed E-state index contributed by atoms with van der Waals surface area (Å²) in [5, 5.41) is 4.02. The Bertz CT molecular complexity index is 507. The highest BCUT2D eigenvalue weighted by Crippen LogP contribution is 2.14. The lowest BCUT2D eigenvalue weighted by Crippen LogP contribution is -2.01. The zero-order valence-corrected chi connectivity index (χ0v) is 10.1. The minimum atomic E-state index is 0.327. The highest BCUT2D eigenvalue weighted by atomic mass is 16.5. The van der Waals surface area contributed by atoms with E-state index in [1.54, 1.807) is 11.8 Å². The Labute approximate surface area is 100 Å². The number of rotatable bonds is 4. The predicted octanol–water partition coefficient (Wildman–Crippen LogP) is 1.19. The van der Waals surface area contributed by atoms with Crippen molar-refractivity contribution in [3.05, 3.63) is 35.7 Å². The van der Waals surface area contributed by atoms with E-state index in [4.69, 9.17) is 10.5 Å². The molecule has 0 saturated heterocycles. The topological polar surface area (TPSA) is 66.0 Å². The van der Waals surface area contributed by atoms with Crippen molar-refractivity contribution < 1.29 is 4.74 Å². The molecule has 1 aromatic carbocycles. The smallest absolute Gasteiger partial charge is 0.239 e. The first-order chi connectivity index (χ1) is 8.19. The molecule has 90 valence electrons. The molecule has 0 aliphatic rings. The van der Waals surface area contributed by atoms with Gasteiger partial charge in [0, 0.05) is 13.5 Å². The van der Waals surface area contributed by atoms with E-state index in [0.717, 1.165) is 24.4 Å². The van der Waals surface area contributed by atoms with Crippen molar-refractivity contribution in [2.75, 3.05) is 12.8 Å². The fraction of sp³-hybridized carbons (Fsp3) is 0.333. The van der Waals surface area contributed by atoms with Gasteiger partial charge < -0.3 is 10.5 Å². The van der Waals surface area contributed by atoms with E-state index in [1.165, 1.54) is 5.56 Å². The van der Waals surface area contributed by atoms with Crippen LogP contribution >= 0.6 is 0 Å². The van der Waals surface area contributed by atoms with Crippen molar-refractivity contribution in [1.29, 1.82) is 0 Å². The zero-order valence-electron chi connectivity index (χ0n) is 10.1. The van der Waals surface area contributed by atoms with Crippen molar-refractivity contribution >= 4 is 5.95 Å². The molecule has 2 aromatic rings. The Kier molecular flexibility index (Phi) is 3.27. The molecule has 5 heteroatoms. The van der Waals surface area contributed by atoms with Crippen LogP contribution in [0.5, 0.6) is 5.75 Å². The molecule has 1 heterocycles. The number of aryl methyl sites for hydroxylation is 3. The molecule has 0 bridgehead atoms. The molecule has 5 nitrogen and oxygen atoms in total. The van der Waals surface area contributed by atoms with Gasteiger partial charge >= 0.3 is 0 Å². The van der Waals surface area contributed by atoms with Crippen LogP contribution in [0.4, 0.5) is 5.95 Å². The Morgan fingerprint density at radius 2 is 2.18 bits per heavy atom. The quantitative estimate of drug-likeness (QED) is 0.860. The maximum atomic E-state index is 5.53. The van der Waals surface area contributed by atoms with Crippen LogP contribution in [0.15, 0.2) is 24.3 Å². The largest absolute Gasteiger partial charge is 0.497 e. The number of methoxy groups -OCH3 is 1. The zero-order chi connectivity index (χ0) is 12.3. The summed E-state index contributed by atoms with van der Waals surface area (Å²) >= 11 is 0. The number of hydrogen-bond acceptors (Lipinski definition) is 4. The Hall–Kier alpha value is -2.04. The number of ether oxygens (including phenoxy) is 1. The molecule has 1 aromatic heterocycles. The second-order valence-electron chi connectivity index (χ2n) is 3.86. The highest BCUT2D eigenvalue weighted by Gasteiger charge is 2.05. The van der Waals surface area contributed by atoms with Gasteiger partial charge in [-0.15, -0.1) is 5.10 Å². The van der Waals surface area contributed by atoms with Gasteiger partial charge in [0.1, 0.15) is 11.6 Å². The van der Waals surface area contributed by atoms with Gasteiger partial charge in [-0.2, -0.15) is 4.98 Å². The summed E-state index contributed by atoms with van der Waals surface area (Å²) in [6.07, 6.45) is 1.71. The van der Waals surface area contributed by atoms with Crippen LogP contribution in [0.3, 0.4) is 0 Å². The number of nitrogens with two attached hydrogens (primary N) is 1. The van der Waals surface area contributed by atoms with Gasteiger partial charge in [0.25, 0.3) is 0 Å². The van der Waals surface area contributed by atoms with Crippen molar-refractivity contribution in [3.8, 4) is 5.75 Å². The van der Waals surface area contributed by atoms with Crippen molar-refractivity contribution in [1.82, 2.24) is 14.8 Å². The summed E-state index contributed by atoms with van der Waals surface area (Å²) in [6.45, 7) is 0. The van der Waals surface area contributed by atoms with Crippen LogP contribution in [0.1, 0.15) is 11.4 Å². The van der Waals surface area contributed by atoms with E-state index in [0.29, 0.717) is 5.95 Å². The lowest BCUT2D eigenvalue weighted by Gasteiger charge is -2.04. The predicted molar refractivity (Wildman–Crippen MR) is 65.8 cm³/mol. The molecular weight excluding hydrogens is 216 g/mol. The molecule has 0 spiro atoms. The standard InChI is InChI=1S/C12H16N4O/c1-16-11(14-12(13)15-16)7-6-9-4-3-5-10(8-9)17-2/h3-5,8H,6-7H2,1-2H3,(H2,13,15). The van der Waals surface area contributed by atoms with Crippen molar-refractivity contribution in [2.45, 2.75) is 12.8 Å². The molecular formula is C12H16N4O. The van der Waals surface area contributed by atoms with Crippen molar-refractivity contribution in [3.63, 3.8) is 0 Å². The van der Waals surface area contributed by atoms with E-state index >= 15 is 0 Å². The second kappa shape index (κ2) is 4.86. The van der Waals surface area contributed by atoms with Crippen LogP contribution in [-0.2, 0) is 19.9 Å². The third kappa shape index (κ3) is 2.75. The third-order valence-electron chi connectivity index (χ3n) is 2.64. The van der Waals surface area contributed by atoms with Gasteiger partial charge in [-0.05, 0) is 24.1 Å². The minimum absolute atomic E-state index is 0.327. The highest BCUT2D eigenvalue weighted by molar-refractivity contribution is 5.28. The first-order valence-electron chi connectivity index (χ1n) is 5.47. The minimum Gasteiger partial charge on any atom is -0.497 e. The number of aromatic nitrogens is 3. The molecule has 0 unspecified atom stereocenters. The monoisotopic (exact) mass is 232 g/mol. The van der Waals surface area contributed by atoms with Crippen LogP contribution < -0.4 is 10.5 Å². The summed E-state index contributed by atoms with van der Waals surface area (Å²) in [5.41, 5.74) is 6.74. The van der Waals surface area contributed by atoms with E-state index < -0.39 is 0 Å². The van der Waals surface area contributed by atoms with Gasteiger partial charge in [-0.1, -0.05) is 12.1 Å². The summed E-state index contributed by atoms with van der Waals surface area (Å²) < 4.78 is 6.90. The van der Waals surface area contributed by atoms with Crippen LogP contribution in [0.2, 0.25) is 0 Å². The molecule has 17 heavy (non-hydrogen) atoms. The van der Waals surface area contributed by atoms with E-state index in [2.05, 4.69) is 16.1 Å². The van der Waals surface area contributed by atoms with E-state index in [9.17, 15) is 0 Å². The molecule has 0 radical (unpaired) electrons. The Balaban J connectivity index is 2.04. The number of benzene rings is 1. The van der Waals surface area contributed by atoms with Crippen LogP contribution in [-0.4, -0.2) is 21.9 Å². The second-order valence-corrected chi connectivity index (χ2v) is 3.86. The summed E-state index contributed by atoms with van der Waals surface area (Å²) in [4.78, 5) is 4.17. The third-order valence-corrected chi connectivity index (χ3v) is 2.64. The average Bonchev–Trinajstić information content (AvgIpc) is 2.65. The normalized spacial score (nSPS) is 10.5. The van der Waals surface area contributed by atoms with Gasteiger partial charge in [0.2, 0.25) is 5.95 Å². The van der Waals surface area contributed by atoms with Gasteiger partial charge in [-0.25, -0.2) is 0 Å². The number of hydrogen-bond donors (Lipinski definition) is 1. The summed E-state index contributed by atoms with van der Waals surface area (Å²) in [7, 11) is 3.52. The first-order valence-corrected chi connectivity index (χ1v) is 5.47. The Morgan fingerprint density at radius 1 is 1.35 bits per heavy atom. The SMILES string of the molecule is COc1cccc(CCc2nc(N)nn2C)c1. The summed E-state index contributed by atoms with van der Waals surface area (Å²) in [6, 6.07) is 8.02. The van der Waals surface area contributed by atoms with Crippen LogP contribution in [0.25, 0.3) is 0 Å². The fourth-order valence-corrected chi connectivity index (χ4v) is 1.74. The van der Waals surface area contributed by atoms with Crippen LogP contribution in [0, 0.1) is 0 Å². The molecule has 0 saturated carbocycles. The summed E-state index contributed by atoms with van der Waals surface area (Å²) in [5.74, 6) is 2.10.